The van der Waals surface area contributed by atoms with Gasteiger partial charge in [-0.25, -0.2) is 0 Å². The summed E-state index contributed by atoms with van der Waals surface area (Å²) in [7, 11) is 1.83. The van der Waals surface area contributed by atoms with Gasteiger partial charge in [0.25, 0.3) is 0 Å². The van der Waals surface area contributed by atoms with Crippen LogP contribution >= 0.6 is 0 Å². The van der Waals surface area contributed by atoms with Crippen molar-refractivity contribution in [3.63, 3.8) is 0 Å². The summed E-state index contributed by atoms with van der Waals surface area (Å²) < 4.78 is 0. The number of rotatable bonds is 7. The van der Waals surface area contributed by atoms with E-state index in [0.29, 0.717) is 25.9 Å². The molecule has 84 valence electrons. The monoisotopic (exact) mass is 203 g/mol. The highest BCUT2D eigenvalue weighted by Crippen LogP contribution is 2.15. The van der Waals surface area contributed by atoms with Crippen LogP contribution in [0.2, 0.25) is 0 Å². The molecule has 0 rings (SSSR count). The minimum absolute atomic E-state index is 0.125. The number of aliphatic carboxylic acids is 1. The molecule has 14 heavy (non-hydrogen) atoms. The van der Waals surface area contributed by atoms with Gasteiger partial charge in [0.2, 0.25) is 0 Å². The van der Waals surface area contributed by atoms with Crippen molar-refractivity contribution in [3.8, 4) is 0 Å². The molecule has 2 N–H and O–H groups in total. The molecule has 0 aromatic heterocycles. The first kappa shape index (κ1) is 13.4. The van der Waals surface area contributed by atoms with Gasteiger partial charge in [-0.1, -0.05) is 13.8 Å². The second-order valence-corrected chi connectivity index (χ2v) is 3.81. The van der Waals surface area contributed by atoms with E-state index < -0.39 is 11.6 Å². The maximum absolute atomic E-state index is 10.3. The average molecular weight is 203 g/mol. The van der Waals surface area contributed by atoms with Crippen molar-refractivity contribution in [2.75, 3.05) is 20.1 Å². The number of hydrogen-bond donors (Lipinski definition) is 2. The van der Waals surface area contributed by atoms with Crippen LogP contribution in [0, 0.1) is 0 Å². The Morgan fingerprint density at radius 1 is 1.36 bits per heavy atom. The Kier molecular flexibility index (Phi) is 5.72. The SMILES string of the molecule is CCC(O)(CC)CN(C)CCC(=O)O. The Bertz CT molecular complexity index is 178. The normalized spacial score (nSPS) is 12.1. The van der Waals surface area contributed by atoms with E-state index >= 15 is 0 Å². The van der Waals surface area contributed by atoms with Crippen LogP contribution in [-0.4, -0.2) is 46.8 Å². The molecule has 0 atom stereocenters. The molecule has 0 aliphatic rings. The van der Waals surface area contributed by atoms with E-state index in [-0.39, 0.29) is 6.42 Å². The number of carboxylic acid groups (broad SMARTS) is 1. The Morgan fingerprint density at radius 2 is 1.86 bits per heavy atom. The fraction of sp³-hybridized carbons (Fsp3) is 0.900. The van der Waals surface area contributed by atoms with Gasteiger partial charge < -0.3 is 15.1 Å². The highest BCUT2D eigenvalue weighted by atomic mass is 16.4. The number of carboxylic acids is 1. The van der Waals surface area contributed by atoms with Crippen LogP contribution in [0.3, 0.4) is 0 Å². The van der Waals surface area contributed by atoms with Crippen LogP contribution in [0.4, 0.5) is 0 Å². The largest absolute Gasteiger partial charge is 0.481 e. The summed E-state index contributed by atoms with van der Waals surface area (Å²) in [5.74, 6) is -0.798. The maximum atomic E-state index is 10.3. The Morgan fingerprint density at radius 3 is 2.21 bits per heavy atom. The van der Waals surface area contributed by atoms with Crippen LogP contribution in [0.15, 0.2) is 0 Å². The topological polar surface area (TPSA) is 60.8 Å². The van der Waals surface area contributed by atoms with Crippen LogP contribution < -0.4 is 0 Å². The van der Waals surface area contributed by atoms with E-state index in [1.165, 1.54) is 0 Å². The number of hydrogen-bond acceptors (Lipinski definition) is 3. The fourth-order valence-corrected chi connectivity index (χ4v) is 1.34. The van der Waals surface area contributed by atoms with E-state index in [1.807, 2.05) is 25.8 Å². The highest BCUT2D eigenvalue weighted by molar-refractivity contribution is 5.66. The molecule has 0 amide bonds. The van der Waals surface area contributed by atoms with E-state index in [1.54, 1.807) is 0 Å². The summed E-state index contributed by atoms with van der Waals surface area (Å²) in [5, 5.41) is 18.5. The molecule has 0 saturated carbocycles. The Hall–Kier alpha value is -0.610. The van der Waals surface area contributed by atoms with Crippen LogP contribution in [0.5, 0.6) is 0 Å². The van der Waals surface area contributed by atoms with Crippen LogP contribution in [-0.2, 0) is 4.79 Å². The third-order valence-electron chi connectivity index (χ3n) is 2.59. The quantitative estimate of drug-likeness (QED) is 0.646. The van der Waals surface area contributed by atoms with Crippen LogP contribution in [0.1, 0.15) is 33.1 Å². The lowest BCUT2D eigenvalue weighted by atomic mass is 9.97. The van der Waals surface area contributed by atoms with Gasteiger partial charge >= 0.3 is 5.97 Å². The molecule has 0 aromatic carbocycles. The molecule has 4 heteroatoms. The zero-order chi connectivity index (χ0) is 11.2. The second kappa shape index (κ2) is 5.98. The van der Waals surface area contributed by atoms with Crippen molar-refractivity contribution in [1.82, 2.24) is 4.90 Å². The number of nitrogens with zero attached hydrogens (tertiary/aromatic N) is 1. The third-order valence-corrected chi connectivity index (χ3v) is 2.59. The zero-order valence-corrected chi connectivity index (χ0v) is 9.29. The van der Waals surface area contributed by atoms with Gasteiger partial charge in [-0.15, -0.1) is 0 Å². The first-order chi connectivity index (χ1) is 6.43. The Labute approximate surface area is 85.5 Å². The van der Waals surface area contributed by atoms with Gasteiger partial charge in [-0.05, 0) is 19.9 Å². The van der Waals surface area contributed by atoms with Crippen molar-refractivity contribution in [2.24, 2.45) is 0 Å². The molecule has 0 heterocycles. The maximum Gasteiger partial charge on any atom is 0.304 e. The molecule has 0 aliphatic carbocycles. The molecule has 0 unspecified atom stereocenters. The first-order valence-corrected chi connectivity index (χ1v) is 5.06. The molecule has 0 fully saturated rings. The molecular formula is C10H21NO3. The van der Waals surface area contributed by atoms with E-state index in [9.17, 15) is 9.90 Å². The zero-order valence-electron chi connectivity index (χ0n) is 9.29. The molecule has 0 spiro atoms. The molecule has 4 nitrogen and oxygen atoms in total. The summed E-state index contributed by atoms with van der Waals surface area (Å²) in [6, 6.07) is 0. The Balaban J connectivity index is 3.90. The first-order valence-electron chi connectivity index (χ1n) is 5.06. The lowest BCUT2D eigenvalue weighted by Crippen LogP contribution is -2.41. The van der Waals surface area contributed by atoms with Gasteiger partial charge in [-0.2, -0.15) is 0 Å². The predicted octanol–water partition coefficient (Wildman–Crippen LogP) is 0.944. The van der Waals surface area contributed by atoms with Crippen molar-refractivity contribution in [1.29, 1.82) is 0 Å². The van der Waals surface area contributed by atoms with Gasteiger partial charge in [0.15, 0.2) is 0 Å². The van der Waals surface area contributed by atoms with Crippen LogP contribution in [0.25, 0.3) is 0 Å². The predicted molar refractivity (Wildman–Crippen MR) is 55.3 cm³/mol. The van der Waals surface area contributed by atoms with E-state index in [2.05, 4.69) is 0 Å². The molecule has 0 aliphatic heterocycles. The van der Waals surface area contributed by atoms with Crippen molar-refractivity contribution >= 4 is 5.97 Å². The second-order valence-electron chi connectivity index (χ2n) is 3.81. The summed E-state index contributed by atoms with van der Waals surface area (Å²) in [6.45, 7) is 4.90. The molecule has 0 saturated heterocycles. The van der Waals surface area contributed by atoms with E-state index in [0.717, 1.165) is 0 Å². The third kappa shape index (κ3) is 5.19. The smallest absolute Gasteiger partial charge is 0.304 e. The van der Waals surface area contributed by atoms with Gasteiger partial charge in [0.1, 0.15) is 0 Å². The van der Waals surface area contributed by atoms with Gasteiger partial charge in [-0.3, -0.25) is 4.79 Å². The lowest BCUT2D eigenvalue weighted by Gasteiger charge is -2.30. The molecule has 0 aromatic rings. The molecule has 0 radical (unpaired) electrons. The molecule has 0 bridgehead atoms. The van der Waals surface area contributed by atoms with Gasteiger partial charge in [0, 0.05) is 13.1 Å². The van der Waals surface area contributed by atoms with Crippen molar-refractivity contribution < 1.29 is 15.0 Å². The standard InChI is InChI=1S/C10H21NO3/c1-4-10(14,5-2)8-11(3)7-6-9(12)13/h14H,4-8H2,1-3H3,(H,12,13). The average Bonchev–Trinajstić information content (AvgIpc) is 2.14. The summed E-state index contributed by atoms with van der Waals surface area (Å²) in [4.78, 5) is 12.2. The molecular weight excluding hydrogens is 182 g/mol. The number of likely N-dealkylation sites (N-methyl/N-ethyl adjacent to an activating group) is 1. The van der Waals surface area contributed by atoms with Gasteiger partial charge in [0.05, 0.1) is 12.0 Å². The summed E-state index contributed by atoms with van der Waals surface area (Å²) in [5.41, 5.74) is -0.673. The number of aliphatic hydroxyl groups is 1. The lowest BCUT2D eigenvalue weighted by molar-refractivity contribution is -0.137. The highest BCUT2D eigenvalue weighted by Gasteiger charge is 2.23. The number of carbonyl (C=O) groups is 1. The van der Waals surface area contributed by atoms with Crippen molar-refractivity contribution in [2.45, 2.75) is 38.7 Å². The van der Waals surface area contributed by atoms with Crippen molar-refractivity contribution in [3.05, 3.63) is 0 Å². The summed E-state index contributed by atoms with van der Waals surface area (Å²) in [6.07, 6.45) is 1.52. The van der Waals surface area contributed by atoms with E-state index in [4.69, 9.17) is 5.11 Å². The summed E-state index contributed by atoms with van der Waals surface area (Å²) >= 11 is 0. The fourth-order valence-electron chi connectivity index (χ4n) is 1.34. The minimum atomic E-state index is -0.798. The minimum Gasteiger partial charge on any atom is -0.481 e.